The highest BCUT2D eigenvalue weighted by molar-refractivity contribution is 6.31. The molecule has 0 heterocycles. The van der Waals surface area contributed by atoms with Crippen LogP contribution in [0, 0.1) is 6.92 Å². The number of aliphatic hydroxyl groups excluding tert-OH is 1. The number of amides is 1. The molecule has 4 nitrogen and oxygen atoms in total. The lowest BCUT2D eigenvalue weighted by Crippen LogP contribution is -2.44. The van der Waals surface area contributed by atoms with Gasteiger partial charge in [-0.15, -0.1) is 0 Å². The quantitative estimate of drug-likeness (QED) is 0.895. The number of hydrogen-bond donors (Lipinski definition) is 2. The van der Waals surface area contributed by atoms with Gasteiger partial charge in [0.25, 0.3) is 0 Å². The van der Waals surface area contributed by atoms with Crippen molar-refractivity contribution in [3.05, 3.63) is 34.3 Å². The minimum absolute atomic E-state index is 0.407. The highest BCUT2D eigenvalue weighted by Crippen LogP contribution is 2.18. The molecule has 0 fully saturated rings. The van der Waals surface area contributed by atoms with Crippen LogP contribution in [0.5, 0.6) is 0 Å². The largest absolute Gasteiger partial charge is 0.444 e. The molecule has 0 aliphatic carbocycles. The van der Waals surface area contributed by atoms with Crippen LogP contribution >= 0.6 is 11.6 Å². The second kappa shape index (κ2) is 7.14. The first kappa shape index (κ1) is 17.8. The van der Waals surface area contributed by atoms with Gasteiger partial charge in [-0.1, -0.05) is 23.7 Å². The highest BCUT2D eigenvalue weighted by Gasteiger charge is 2.21. The van der Waals surface area contributed by atoms with Crippen LogP contribution in [-0.4, -0.2) is 28.9 Å². The van der Waals surface area contributed by atoms with E-state index in [1.54, 1.807) is 27.7 Å². The van der Waals surface area contributed by atoms with Crippen molar-refractivity contribution in [2.45, 2.75) is 58.8 Å². The van der Waals surface area contributed by atoms with Crippen molar-refractivity contribution in [3.8, 4) is 0 Å². The molecule has 0 aliphatic rings. The first-order valence-electron chi connectivity index (χ1n) is 7.01. The SMILES string of the molecule is Cc1cc(CC(O)[C@H](C)NC(=O)OC(C)(C)C)ccc1Cl. The molecule has 0 saturated heterocycles. The van der Waals surface area contributed by atoms with Gasteiger partial charge < -0.3 is 15.2 Å². The Morgan fingerprint density at radius 2 is 2.05 bits per heavy atom. The molecular formula is C16H24ClNO3. The highest BCUT2D eigenvalue weighted by atomic mass is 35.5. The van der Waals surface area contributed by atoms with Gasteiger partial charge in [-0.25, -0.2) is 4.79 Å². The molecule has 1 rings (SSSR count). The Bertz CT molecular complexity index is 497. The van der Waals surface area contributed by atoms with E-state index >= 15 is 0 Å². The number of aryl methyl sites for hydroxylation is 1. The molecule has 118 valence electrons. The zero-order valence-electron chi connectivity index (χ0n) is 13.2. The second-order valence-electron chi connectivity index (χ2n) is 6.29. The fourth-order valence-corrected chi connectivity index (χ4v) is 1.96. The summed E-state index contributed by atoms with van der Waals surface area (Å²) in [6.07, 6.45) is -0.783. The number of carbonyl (C=O) groups is 1. The van der Waals surface area contributed by atoms with Crippen LogP contribution in [0.4, 0.5) is 4.79 Å². The van der Waals surface area contributed by atoms with Crippen molar-refractivity contribution >= 4 is 17.7 Å². The van der Waals surface area contributed by atoms with Gasteiger partial charge in [-0.05, 0) is 51.8 Å². The van der Waals surface area contributed by atoms with Gasteiger partial charge in [0.2, 0.25) is 0 Å². The maximum atomic E-state index is 11.7. The maximum Gasteiger partial charge on any atom is 0.407 e. The predicted molar refractivity (Wildman–Crippen MR) is 84.7 cm³/mol. The third-order valence-electron chi connectivity index (χ3n) is 2.99. The Morgan fingerprint density at radius 1 is 1.43 bits per heavy atom. The summed E-state index contributed by atoms with van der Waals surface area (Å²) >= 11 is 5.97. The molecule has 2 atom stereocenters. The molecule has 21 heavy (non-hydrogen) atoms. The normalized spacial score (nSPS) is 14.4. The smallest absolute Gasteiger partial charge is 0.407 e. The average Bonchev–Trinajstić information content (AvgIpc) is 2.31. The monoisotopic (exact) mass is 313 g/mol. The van der Waals surface area contributed by atoms with Gasteiger partial charge in [-0.3, -0.25) is 0 Å². The molecule has 0 aromatic heterocycles. The molecule has 1 unspecified atom stereocenters. The lowest BCUT2D eigenvalue weighted by Gasteiger charge is -2.24. The molecule has 0 radical (unpaired) electrons. The third-order valence-corrected chi connectivity index (χ3v) is 3.41. The molecule has 0 aliphatic heterocycles. The fourth-order valence-electron chi connectivity index (χ4n) is 1.84. The number of nitrogens with one attached hydrogen (secondary N) is 1. The first-order valence-corrected chi connectivity index (χ1v) is 7.39. The predicted octanol–water partition coefficient (Wildman–Crippen LogP) is 3.47. The minimum Gasteiger partial charge on any atom is -0.444 e. The Hall–Kier alpha value is -1.26. The molecule has 1 aromatic carbocycles. The van der Waals surface area contributed by atoms with Gasteiger partial charge >= 0.3 is 6.09 Å². The summed E-state index contributed by atoms with van der Waals surface area (Å²) in [4.78, 5) is 11.7. The Kier molecular flexibility index (Phi) is 6.05. The van der Waals surface area contributed by atoms with E-state index in [2.05, 4.69) is 5.32 Å². The number of aliphatic hydroxyl groups is 1. The number of benzene rings is 1. The number of alkyl carbamates (subject to hydrolysis) is 1. The van der Waals surface area contributed by atoms with Crippen LogP contribution in [0.15, 0.2) is 18.2 Å². The summed E-state index contributed by atoms with van der Waals surface area (Å²) < 4.78 is 5.16. The third kappa shape index (κ3) is 6.36. The molecule has 0 bridgehead atoms. The Labute approximate surface area is 131 Å². The summed E-state index contributed by atoms with van der Waals surface area (Å²) in [7, 11) is 0. The van der Waals surface area contributed by atoms with E-state index in [0.29, 0.717) is 11.4 Å². The van der Waals surface area contributed by atoms with Crippen molar-refractivity contribution in [1.29, 1.82) is 0 Å². The molecule has 1 aromatic rings. The zero-order valence-corrected chi connectivity index (χ0v) is 14.0. The number of ether oxygens (including phenoxy) is 1. The van der Waals surface area contributed by atoms with Crippen LogP contribution in [0.3, 0.4) is 0 Å². The van der Waals surface area contributed by atoms with E-state index in [1.807, 2.05) is 25.1 Å². The molecule has 1 amide bonds. The summed E-state index contributed by atoms with van der Waals surface area (Å²) in [5.74, 6) is 0. The lowest BCUT2D eigenvalue weighted by atomic mass is 10.0. The molecule has 0 spiro atoms. The number of carbonyl (C=O) groups excluding carboxylic acids is 1. The second-order valence-corrected chi connectivity index (χ2v) is 6.70. The topological polar surface area (TPSA) is 58.6 Å². The van der Waals surface area contributed by atoms with Gasteiger partial charge in [0.1, 0.15) is 5.60 Å². The number of hydrogen-bond acceptors (Lipinski definition) is 3. The Balaban J connectivity index is 2.56. The van der Waals surface area contributed by atoms with Crippen molar-refractivity contribution < 1.29 is 14.6 Å². The lowest BCUT2D eigenvalue weighted by molar-refractivity contribution is 0.0436. The van der Waals surface area contributed by atoms with Crippen molar-refractivity contribution in [2.75, 3.05) is 0 Å². The first-order chi connectivity index (χ1) is 9.58. The Morgan fingerprint density at radius 3 is 2.57 bits per heavy atom. The van der Waals surface area contributed by atoms with E-state index in [4.69, 9.17) is 16.3 Å². The molecule has 0 saturated carbocycles. The fraction of sp³-hybridized carbons (Fsp3) is 0.562. The number of halogens is 1. The average molecular weight is 314 g/mol. The maximum absolute atomic E-state index is 11.7. The molecule has 5 heteroatoms. The van der Waals surface area contributed by atoms with Crippen LogP contribution < -0.4 is 5.32 Å². The van der Waals surface area contributed by atoms with Crippen molar-refractivity contribution in [1.82, 2.24) is 5.32 Å². The summed E-state index contributed by atoms with van der Waals surface area (Å²) in [5.41, 5.74) is 1.39. The van der Waals surface area contributed by atoms with Crippen molar-refractivity contribution in [3.63, 3.8) is 0 Å². The summed E-state index contributed by atoms with van der Waals surface area (Å²) in [5, 5.41) is 13.5. The van der Waals surface area contributed by atoms with E-state index < -0.39 is 23.8 Å². The minimum atomic E-state index is -0.696. The van der Waals surface area contributed by atoms with Gasteiger partial charge in [-0.2, -0.15) is 0 Å². The van der Waals surface area contributed by atoms with Crippen LogP contribution in [0.1, 0.15) is 38.8 Å². The summed E-state index contributed by atoms with van der Waals surface area (Å²) in [6.45, 7) is 9.05. The van der Waals surface area contributed by atoms with E-state index in [9.17, 15) is 9.90 Å². The van der Waals surface area contributed by atoms with Crippen LogP contribution in [-0.2, 0) is 11.2 Å². The number of rotatable bonds is 4. The molecule has 2 N–H and O–H groups in total. The van der Waals surface area contributed by atoms with E-state index in [-0.39, 0.29) is 0 Å². The van der Waals surface area contributed by atoms with E-state index in [1.165, 1.54) is 0 Å². The van der Waals surface area contributed by atoms with E-state index in [0.717, 1.165) is 11.1 Å². The van der Waals surface area contributed by atoms with Crippen LogP contribution in [0.25, 0.3) is 0 Å². The van der Waals surface area contributed by atoms with Gasteiger partial charge in [0, 0.05) is 11.4 Å². The van der Waals surface area contributed by atoms with Gasteiger partial charge in [0.15, 0.2) is 0 Å². The van der Waals surface area contributed by atoms with Crippen molar-refractivity contribution in [2.24, 2.45) is 0 Å². The summed E-state index contributed by atoms with van der Waals surface area (Å²) in [6, 6.07) is 5.21. The standard InChI is InChI=1S/C16H24ClNO3/c1-10-8-12(6-7-13(10)17)9-14(19)11(2)18-15(20)21-16(3,4)5/h6-8,11,14,19H,9H2,1-5H3,(H,18,20)/t11-,14?/m0/s1. The van der Waals surface area contributed by atoms with Crippen LogP contribution in [0.2, 0.25) is 5.02 Å². The van der Waals surface area contributed by atoms with Gasteiger partial charge in [0.05, 0.1) is 12.1 Å². The molecular weight excluding hydrogens is 290 g/mol. The zero-order chi connectivity index (χ0) is 16.2.